The van der Waals surface area contributed by atoms with Gasteiger partial charge in [0.25, 0.3) is 0 Å². The van der Waals surface area contributed by atoms with Crippen LogP contribution in [0.15, 0.2) is 28.8 Å². The minimum atomic E-state index is -0.0342. The summed E-state index contributed by atoms with van der Waals surface area (Å²) in [6, 6.07) is 7.43. The van der Waals surface area contributed by atoms with Gasteiger partial charge in [0.05, 0.1) is 0 Å². The Hall–Kier alpha value is -2.37. The molecule has 2 heterocycles. The monoisotopic (exact) mass is 286 g/mol. The summed E-state index contributed by atoms with van der Waals surface area (Å²) in [4.78, 5) is 18.1. The number of carbonyl (C=O) groups is 1. The third kappa shape index (κ3) is 3.04. The van der Waals surface area contributed by atoms with E-state index in [0.717, 1.165) is 43.6 Å². The number of rotatable bonds is 3. The zero-order valence-corrected chi connectivity index (χ0v) is 12.0. The van der Waals surface area contributed by atoms with Crippen molar-refractivity contribution in [2.45, 2.75) is 26.2 Å². The number of hydrogen-bond donors (Lipinski definition) is 1. The molecule has 6 heteroatoms. The van der Waals surface area contributed by atoms with Crippen LogP contribution in [0, 0.1) is 0 Å². The summed E-state index contributed by atoms with van der Waals surface area (Å²) >= 11 is 0. The Kier molecular flexibility index (Phi) is 3.85. The predicted octanol–water partition coefficient (Wildman–Crippen LogP) is 2.93. The summed E-state index contributed by atoms with van der Waals surface area (Å²) in [5.41, 5.74) is 1.65. The van der Waals surface area contributed by atoms with Crippen LogP contribution in [-0.2, 0) is 6.42 Å². The van der Waals surface area contributed by atoms with Gasteiger partial charge in [-0.15, -0.1) is 0 Å². The molecule has 0 radical (unpaired) electrons. The summed E-state index contributed by atoms with van der Waals surface area (Å²) in [5.74, 6) is 1.20. The summed E-state index contributed by atoms with van der Waals surface area (Å²) < 4.78 is 5.09. The van der Waals surface area contributed by atoms with Crippen LogP contribution in [0.1, 0.15) is 25.7 Å². The molecular weight excluding hydrogens is 268 g/mol. The molecule has 1 aromatic carbocycles. The van der Waals surface area contributed by atoms with Crippen molar-refractivity contribution in [2.24, 2.45) is 0 Å². The average Bonchev–Trinajstić information content (AvgIpc) is 3.19. The van der Waals surface area contributed by atoms with Crippen LogP contribution in [0.5, 0.6) is 0 Å². The van der Waals surface area contributed by atoms with Gasteiger partial charge in [0.1, 0.15) is 0 Å². The molecule has 1 saturated heterocycles. The normalized spacial score (nSPS) is 14.4. The van der Waals surface area contributed by atoms with Crippen LogP contribution in [0.25, 0.3) is 11.4 Å². The highest BCUT2D eigenvalue weighted by molar-refractivity contribution is 5.89. The molecule has 1 aliphatic rings. The van der Waals surface area contributed by atoms with Crippen molar-refractivity contribution < 1.29 is 9.32 Å². The first-order valence-electron chi connectivity index (χ1n) is 7.25. The number of nitrogens with zero attached hydrogens (tertiary/aromatic N) is 3. The lowest BCUT2D eigenvalue weighted by atomic mass is 10.2. The number of urea groups is 1. The second-order valence-electron chi connectivity index (χ2n) is 5.07. The Morgan fingerprint density at radius 3 is 2.62 bits per heavy atom. The molecule has 2 amide bonds. The minimum Gasteiger partial charge on any atom is -0.339 e. The molecule has 0 unspecified atom stereocenters. The lowest BCUT2D eigenvalue weighted by Crippen LogP contribution is -2.32. The average molecular weight is 286 g/mol. The fourth-order valence-electron chi connectivity index (χ4n) is 2.34. The Morgan fingerprint density at radius 2 is 2.00 bits per heavy atom. The maximum Gasteiger partial charge on any atom is 0.321 e. The largest absolute Gasteiger partial charge is 0.339 e. The summed E-state index contributed by atoms with van der Waals surface area (Å²) in [6.45, 7) is 3.65. The van der Waals surface area contributed by atoms with E-state index in [9.17, 15) is 4.79 Å². The third-order valence-corrected chi connectivity index (χ3v) is 3.56. The number of carbonyl (C=O) groups excluding carboxylic acids is 1. The smallest absolute Gasteiger partial charge is 0.321 e. The first-order valence-corrected chi connectivity index (χ1v) is 7.25. The van der Waals surface area contributed by atoms with E-state index >= 15 is 0 Å². The maximum atomic E-state index is 12.0. The van der Waals surface area contributed by atoms with Crippen LogP contribution in [0.2, 0.25) is 0 Å². The molecular formula is C15H18N4O2. The van der Waals surface area contributed by atoms with E-state index in [1.165, 1.54) is 0 Å². The molecule has 0 aliphatic carbocycles. The summed E-state index contributed by atoms with van der Waals surface area (Å²) in [6.07, 6.45) is 2.89. The number of aryl methyl sites for hydroxylation is 1. The summed E-state index contributed by atoms with van der Waals surface area (Å²) in [7, 11) is 0. The van der Waals surface area contributed by atoms with Gasteiger partial charge in [-0.05, 0) is 37.1 Å². The topological polar surface area (TPSA) is 71.3 Å². The van der Waals surface area contributed by atoms with E-state index < -0.39 is 0 Å². The molecule has 2 aromatic rings. The highest BCUT2D eigenvalue weighted by atomic mass is 16.5. The first-order chi connectivity index (χ1) is 10.3. The Labute approximate surface area is 123 Å². The molecule has 3 rings (SSSR count). The van der Waals surface area contributed by atoms with Gasteiger partial charge in [0.2, 0.25) is 11.7 Å². The number of benzene rings is 1. The van der Waals surface area contributed by atoms with Gasteiger partial charge in [-0.2, -0.15) is 4.98 Å². The van der Waals surface area contributed by atoms with Crippen LogP contribution in [0.4, 0.5) is 10.5 Å². The number of hydrogen-bond acceptors (Lipinski definition) is 4. The van der Waals surface area contributed by atoms with E-state index in [-0.39, 0.29) is 6.03 Å². The Bertz CT molecular complexity index is 615. The Balaban J connectivity index is 1.67. The van der Waals surface area contributed by atoms with Gasteiger partial charge < -0.3 is 14.7 Å². The van der Waals surface area contributed by atoms with Crippen molar-refractivity contribution in [2.75, 3.05) is 18.4 Å². The molecule has 6 nitrogen and oxygen atoms in total. The highest BCUT2D eigenvalue weighted by Gasteiger charge is 2.17. The fourth-order valence-corrected chi connectivity index (χ4v) is 2.34. The molecule has 0 spiro atoms. The van der Waals surface area contributed by atoms with Gasteiger partial charge in [0.15, 0.2) is 0 Å². The van der Waals surface area contributed by atoms with Crippen LogP contribution in [-0.4, -0.2) is 34.2 Å². The predicted molar refractivity (Wildman–Crippen MR) is 78.9 cm³/mol. The molecule has 1 N–H and O–H groups in total. The SMILES string of the molecule is CCc1nc(-c2ccc(NC(=O)N3CCCC3)cc2)no1. The van der Waals surface area contributed by atoms with Gasteiger partial charge in [0, 0.05) is 30.8 Å². The van der Waals surface area contributed by atoms with Crippen LogP contribution in [0.3, 0.4) is 0 Å². The first kappa shape index (κ1) is 13.6. The Morgan fingerprint density at radius 1 is 1.29 bits per heavy atom. The molecule has 110 valence electrons. The third-order valence-electron chi connectivity index (χ3n) is 3.56. The van der Waals surface area contributed by atoms with Crippen molar-refractivity contribution in [3.05, 3.63) is 30.2 Å². The highest BCUT2D eigenvalue weighted by Crippen LogP contribution is 2.19. The number of nitrogens with one attached hydrogen (secondary N) is 1. The zero-order chi connectivity index (χ0) is 14.7. The van der Waals surface area contributed by atoms with Crippen molar-refractivity contribution >= 4 is 11.7 Å². The number of aromatic nitrogens is 2. The second-order valence-corrected chi connectivity index (χ2v) is 5.07. The fraction of sp³-hybridized carbons (Fsp3) is 0.400. The van der Waals surface area contributed by atoms with Crippen molar-refractivity contribution in [3.8, 4) is 11.4 Å². The summed E-state index contributed by atoms with van der Waals surface area (Å²) in [5, 5.41) is 6.83. The van der Waals surface area contributed by atoms with E-state index in [4.69, 9.17) is 4.52 Å². The van der Waals surface area contributed by atoms with Crippen molar-refractivity contribution in [1.29, 1.82) is 0 Å². The van der Waals surface area contributed by atoms with E-state index in [1.807, 2.05) is 36.1 Å². The van der Waals surface area contributed by atoms with E-state index in [0.29, 0.717) is 11.7 Å². The maximum absolute atomic E-state index is 12.0. The second kappa shape index (κ2) is 5.95. The van der Waals surface area contributed by atoms with Crippen molar-refractivity contribution in [1.82, 2.24) is 15.0 Å². The lowest BCUT2D eigenvalue weighted by Gasteiger charge is -2.16. The lowest BCUT2D eigenvalue weighted by molar-refractivity contribution is 0.222. The standard InChI is InChI=1S/C15H18N4O2/c1-2-13-17-14(18-21-13)11-5-7-12(8-6-11)16-15(20)19-9-3-4-10-19/h5-8H,2-4,9-10H2,1H3,(H,16,20). The van der Waals surface area contributed by atoms with E-state index in [2.05, 4.69) is 15.5 Å². The number of amides is 2. The van der Waals surface area contributed by atoms with Crippen LogP contribution < -0.4 is 5.32 Å². The van der Waals surface area contributed by atoms with Gasteiger partial charge in [-0.1, -0.05) is 12.1 Å². The quantitative estimate of drug-likeness (QED) is 0.941. The van der Waals surface area contributed by atoms with Gasteiger partial charge >= 0.3 is 6.03 Å². The molecule has 0 bridgehead atoms. The molecule has 1 fully saturated rings. The van der Waals surface area contributed by atoms with E-state index in [1.54, 1.807) is 0 Å². The molecule has 21 heavy (non-hydrogen) atoms. The zero-order valence-electron chi connectivity index (χ0n) is 12.0. The van der Waals surface area contributed by atoms with Gasteiger partial charge in [-0.25, -0.2) is 4.79 Å². The van der Waals surface area contributed by atoms with Crippen LogP contribution >= 0.6 is 0 Å². The number of likely N-dealkylation sites (tertiary alicyclic amines) is 1. The molecule has 0 atom stereocenters. The molecule has 0 saturated carbocycles. The minimum absolute atomic E-state index is 0.0342. The molecule has 1 aliphatic heterocycles. The number of anilines is 1. The van der Waals surface area contributed by atoms with Crippen molar-refractivity contribution in [3.63, 3.8) is 0 Å². The van der Waals surface area contributed by atoms with Gasteiger partial charge in [-0.3, -0.25) is 0 Å². The molecule has 1 aromatic heterocycles.